The van der Waals surface area contributed by atoms with Gasteiger partial charge in [-0.2, -0.15) is 5.06 Å². The smallest absolute Gasteiger partial charge is 0.159 e. The van der Waals surface area contributed by atoms with Crippen LogP contribution < -0.4 is 0 Å². The van der Waals surface area contributed by atoms with Crippen LogP contribution in [0.1, 0.15) is 36.6 Å². The van der Waals surface area contributed by atoms with E-state index in [0.29, 0.717) is 17.4 Å². The zero-order valence-electron chi connectivity index (χ0n) is 15.5. The predicted molar refractivity (Wildman–Crippen MR) is 112 cm³/mol. The van der Waals surface area contributed by atoms with E-state index in [1.54, 1.807) is 0 Å². The predicted octanol–water partition coefficient (Wildman–Crippen LogP) is 4.63. The number of benzene rings is 2. The van der Waals surface area contributed by atoms with Crippen LogP contribution >= 0.6 is 27.5 Å². The second-order valence-corrected chi connectivity index (χ2v) is 8.19. The Balaban J connectivity index is 1.89. The lowest BCUT2D eigenvalue weighted by atomic mass is 10.0. The van der Waals surface area contributed by atoms with Gasteiger partial charge in [-0.05, 0) is 38.1 Å². The molecule has 1 aliphatic rings. The van der Waals surface area contributed by atoms with Crippen molar-refractivity contribution in [2.45, 2.75) is 33.0 Å². The van der Waals surface area contributed by atoms with Crippen LogP contribution in [0.4, 0.5) is 0 Å². The van der Waals surface area contributed by atoms with E-state index in [4.69, 9.17) is 16.6 Å². The van der Waals surface area contributed by atoms with Crippen LogP contribution in [-0.2, 0) is 13.1 Å². The van der Waals surface area contributed by atoms with Gasteiger partial charge in [0.1, 0.15) is 6.54 Å². The number of hydrogen-bond donors (Lipinski definition) is 1. The van der Waals surface area contributed by atoms with Gasteiger partial charge in [-0.15, -0.1) is 10.2 Å². The summed E-state index contributed by atoms with van der Waals surface area (Å²) in [5, 5.41) is 20.7. The zero-order chi connectivity index (χ0) is 19.8. The fourth-order valence-corrected chi connectivity index (χ4v) is 3.76. The second-order valence-electron chi connectivity index (χ2n) is 6.87. The summed E-state index contributed by atoms with van der Waals surface area (Å²) >= 11 is 10.0. The first-order valence-electron chi connectivity index (χ1n) is 8.94. The topological polar surface area (TPSA) is 66.5 Å². The first-order valence-corrected chi connectivity index (χ1v) is 10.1. The molecule has 0 atom stereocenters. The molecule has 0 unspecified atom stereocenters. The third-order valence-electron chi connectivity index (χ3n) is 4.66. The lowest BCUT2D eigenvalue weighted by molar-refractivity contribution is -0.127. The van der Waals surface area contributed by atoms with E-state index in [9.17, 15) is 5.21 Å². The normalized spacial score (nSPS) is 13.3. The Morgan fingerprint density at radius 1 is 1.18 bits per heavy atom. The third kappa shape index (κ3) is 3.51. The van der Waals surface area contributed by atoms with Gasteiger partial charge in [0.25, 0.3) is 0 Å². The number of fused-ring (bicyclic) bond motifs is 3. The van der Waals surface area contributed by atoms with Crippen LogP contribution in [0.5, 0.6) is 0 Å². The molecule has 0 bridgehead atoms. The van der Waals surface area contributed by atoms with Gasteiger partial charge >= 0.3 is 0 Å². The van der Waals surface area contributed by atoms with Crippen molar-refractivity contribution in [2.75, 3.05) is 0 Å². The van der Waals surface area contributed by atoms with Crippen molar-refractivity contribution in [3.8, 4) is 5.69 Å². The highest BCUT2D eigenvalue weighted by atomic mass is 79.9. The Labute approximate surface area is 176 Å². The quantitative estimate of drug-likeness (QED) is 0.576. The number of hydroxylamine groups is 2. The van der Waals surface area contributed by atoms with Crippen LogP contribution in [0.3, 0.4) is 0 Å². The van der Waals surface area contributed by atoms with Gasteiger partial charge < -0.3 is 5.21 Å². The molecule has 2 heterocycles. The van der Waals surface area contributed by atoms with Crippen molar-refractivity contribution in [1.82, 2.24) is 19.8 Å². The molecule has 1 N–H and O–H groups in total. The molecule has 0 aliphatic carbocycles. The Kier molecular flexibility index (Phi) is 5.33. The molecule has 4 rings (SSSR count). The molecule has 0 spiro atoms. The maximum Gasteiger partial charge on any atom is 0.159 e. The van der Waals surface area contributed by atoms with Crippen LogP contribution in [0, 0.1) is 0 Å². The Morgan fingerprint density at radius 2 is 1.96 bits per heavy atom. The molecule has 1 aliphatic heterocycles. The lowest BCUT2D eigenvalue weighted by Gasteiger charge is -2.19. The molecule has 2 aromatic carbocycles. The molecule has 6 nitrogen and oxygen atoms in total. The van der Waals surface area contributed by atoms with E-state index in [1.807, 2.05) is 60.9 Å². The highest BCUT2D eigenvalue weighted by molar-refractivity contribution is 9.10. The van der Waals surface area contributed by atoms with E-state index in [0.717, 1.165) is 32.8 Å². The Morgan fingerprint density at radius 3 is 2.71 bits per heavy atom. The largest absolute Gasteiger partial charge is 0.313 e. The Bertz CT molecular complexity index is 1060. The summed E-state index contributed by atoms with van der Waals surface area (Å²) in [5.74, 6) is 1.38. The molecule has 8 heteroatoms. The first kappa shape index (κ1) is 19.3. The summed E-state index contributed by atoms with van der Waals surface area (Å²) in [6, 6.07) is 13.6. The maximum absolute atomic E-state index is 10.2. The fourth-order valence-electron chi connectivity index (χ4n) is 3.18. The van der Waals surface area contributed by atoms with Crippen molar-refractivity contribution in [2.24, 2.45) is 4.99 Å². The number of aromatic nitrogens is 3. The first-order chi connectivity index (χ1) is 13.5. The van der Waals surface area contributed by atoms with Crippen molar-refractivity contribution in [1.29, 1.82) is 0 Å². The van der Waals surface area contributed by atoms with E-state index < -0.39 is 0 Å². The van der Waals surface area contributed by atoms with Crippen LogP contribution in [0.2, 0.25) is 5.02 Å². The lowest BCUT2D eigenvalue weighted by Crippen LogP contribution is -2.28. The fraction of sp³-hybridized carbons (Fsp3) is 0.250. The summed E-state index contributed by atoms with van der Waals surface area (Å²) in [6.07, 6.45) is 0. The number of hydrogen-bond acceptors (Lipinski definition) is 5. The highest BCUT2D eigenvalue weighted by Crippen LogP contribution is 2.30. The van der Waals surface area contributed by atoms with Gasteiger partial charge in [-0.25, -0.2) is 0 Å². The van der Waals surface area contributed by atoms with Gasteiger partial charge in [-0.1, -0.05) is 45.7 Å². The monoisotopic (exact) mass is 459 g/mol. The minimum atomic E-state index is -0.0296. The average Bonchev–Trinajstić information content (AvgIpc) is 2.98. The third-order valence-corrected chi connectivity index (χ3v) is 5.48. The molecule has 144 valence electrons. The number of nitrogens with zero attached hydrogens (tertiary/aromatic N) is 5. The molecule has 1 aromatic heterocycles. The van der Waals surface area contributed by atoms with Crippen LogP contribution in [0.15, 0.2) is 51.9 Å². The molecule has 28 heavy (non-hydrogen) atoms. The summed E-state index contributed by atoms with van der Waals surface area (Å²) in [7, 11) is 0. The van der Waals surface area contributed by atoms with Gasteiger partial charge in [0, 0.05) is 26.7 Å². The molecule has 0 saturated carbocycles. The molecule has 3 aromatic rings. The van der Waals surface area contributed by atoms with E-state index in [1.165, 1.54) is 5.06 Å². The summed E-state index contributed by atoms with van der Waals surface area (Å²) in [4.78, 5) is 4.82. The second kappa shape index (κ2) is 7.75. The Hall–Kier alpha value is -2.06. The van der Waals surface area contributed by atoms with Gasteiger partial charge in [0.2, 0.25) is 0 Å². The van der Waals surface area contributed by atoms with Crippen molar-refractivity contribution in [3.63, 3.8) is 0 Å². The van der Waals surface area contributed by atoms with E-state index in [-0.39, 0.29) is 12.6 Å². The molecule has 0 fully saturated rings. The summed E-state index contributed by atoms with van der Waals surface area (Å²) in [6.45, 7) is 4.47. The highest BCUT2D eigenvalue weighted by Gasteiger charge is 2.25. The zero-order valence-corrected chi connectivity index (χ0v) is 17.8. The standard InChI is InChI=1S/C20H19BrClN5O/c1-12(2)26(28)11-19-25-24-18-10-23-20(14-5-3-4-6-16(14)22)15-9-13(21)7-8-17(15)27(18)19/h3-9,12,28H,10-11H2,1-2H3. The van der Waals surface area contributed by atoms with E-state index in [2.05, 4.69) is 26.1 Å². The van der Waals surface area contributed by atoms with E-state index >= 15 is 0 Å². The minimum Gasteiger partial charge on any atom is -0.313 e. The molecular formula is C20H19BrClN5O. The minimum absolute atomic E-state index is 0.0296. The van der Waals surface area contributed by atoms with Crippen molar-refractivity contribution in [3.05, 3.63) is 74.7 Å². The SMILES string of the molecule is CC(C)N(O)Cc1nnc2n1-c1ccc(Br)cc1C(c1ccccc1Cl)=NC2. The van der Waals surface area contributed by atoms with Crippen molar-refractivity contribution < 1.29 is 5.21 Å². The molecule has 0 amide bonds. The van der Waals surface area contributed by atoms with Crippen molar-refractivity contribution >= 4 is 33.2 Å². The number of rotatable bonds is 4. The molecule has 0 saturated heterocycles. The molecular weight excluding hydrogens is 442 g/mol. The molecule has 0 radical (unpaired) electrons. The summed E-state index contributed by atoms with van der Waals surface area (Å²) in [5.41, 5.74) is 3.51. The average molecular weight is 461 g/mol. The van der Waals surface area contributed by atoms with Crippen LogP contribution in [0.25, 0.3) is 5.69 Å². The number of aliphatic imine (C=N–C) groups is 1. The van der Waals surface area contributed by atoms with Gasteiger partial charge in [0.15, 0.2) is 11.6 Å². The van der Waals surface area contributed by atoms with Gasteiger partial charge in [-0.3, -0.25) is 9.56 Å². The maximum atomic E-state index is 10.2. The number of halogens is 2. The summed E-state index contributed by atoms with van der Waals surface area (Å²) < 4.78 is 2.91. The van der Waals surface area contributed by atoms with Crippen LogP contribution in [-0.4, -0.2) is 36.8 Å². The van der Waals surface area contributed by atoms with Gasteiger partial charge in [0.05, 0.1) is 17.9 Å².